The van der Waals surface area contributed by atoms with Crippen LogP contribution in [0.2, 0.25) is 0 Å². The zero-order valence-corrected chi connectivity index (χ0v) is 14.6. The Morgan fingerprint density at radius 1 is 1.10 bits per heavy atom. The summed E-state index contributed by atoms with van der Waals surface area (Å²) in [7, 11) is 0. The maximum absolute atomic E-state index is 3.57. The molecule has 1 N–H and O–H groups in total. The standard InChI is InChI=1S/C20H35N/c1-5-8-11-18(6-2)14-20(16-21-7-3)15-19-12-9-10-17(4)13-19/h9-10,12-13,18,20-21H,5-8,11,14-16H2,1-4H3. The molecule has 0 aliphatic carbocycles. The van der Waals surface area contributed by atoms with Gasteiger partial charge in [-0.3, -0.25) is 0 Å². The second-order valence-electron chi connectivity index (χ2n) is 6.52. The van der Waals surface area contributed by atoms with Crippen molar-refractivity contribution in [3.05, 3.63) is 35.4 Å². The molecule has 1 heteroatoms. The van der Waals surface area contributed by atoms with Gasteiger partial charge in [0.1, 0.15) is 0 Å². The molecule has 0 heterocycles. The molecule has 1 aromatic carbocycles. The third-order valence-corrected chi connectivity index (χ3v) is 4.50. The smallest absolute Gasteiger partial charge is 0.00173 e. The number of nitrogens with one attached hydrogen (secondary N) is 1. The van der Waals surface area contributed by atoms with Crippen LogP contribution in [0.25, 0.3) is 0 Å². The highest BCUT2D eigenvalue weighted by Crippen LogP contribution is 2.24. The second-order valence-corrected chi connectivity index (χ2v) is 6.52. The van der Waals surface area contributed by atoms with Crippen molar-refractivity contribution < 1.29 is 0 Å². The number of hydrogen-bond donors (Lipinski definition) is 1. The van der Waals surface area contributed by atoms with Crippen LogP contribution < -0.4 is 5.32 Å². The Morgan fingerprint density at radius 3 is 2.52 bits per heavy atom. The van der Waals surface area contributed by atoms with Crippen LogP contribution in [-0.2, 0) is 6.42 Å². The molecule has 21 heavy (non-hydrogen) atoms. The second kappa shape index (κ2) is 10.8. The average molecular weight is 290 g/mol. The lowest BCUT2D eigenvalue weighted by Gasteiger charge is -2.23. The molecule has 0 saturated heterocycles. The van der Waals surface area contributed by atoms with Crippen LogP contribution in [0.5, 0.6) is 0 Å². The van der Waals surface area contributed by atoms with Gasteiger partial charge >= 0.3 is 0 Å². The first-order chi connectivity index (χ1) is 10.2. The normalized spacial score (nSPS) is 14.1. The summed E-state index contributed by atoms with van der Waals surface area (Å²) in [5.74, 6) is 1.67. The molecule has 2 unspecified atom stereocenters. The fourth-order valence-corrected chi connectivity index (χ4v) is 3.21. The van der Waals surface area contributed by atoms with Gasteiger partial charge in [0.25, 0.3) is 0 Å². The number of unbranched alkanes of at least 4 members (excludes halogenated alkanes) is 1. The maximum Gasteiger partial charge on any atom is -0.00173 e. The van der Waals surface area contributed by atoms with E-state index >= 15 is 0 Å². The Hall–Kier alpha value is -0.820. The van der Waals surface area contributed by atoms with Crippen molar-refractivity contribution in [2.45, 2.75) is 66.2 Å². The minimum Gasteiger partial charge on any atom is -0.317 e. The van der Waals surface area contributed by atoms with Gasteiger partial charge in [0.2, 0.25) is 0 Å². The quantitative estimate of drug-likeness (QED) is 0.577. The van der Waals surface area contributed by atoms with Crippen LogP contribution in [-0.4, -0.2) is 13.1 Å². The van der Waals surface area contributed by atoms with E-state index in [1.54, 1.807) is 0 Å². The van der Waals surface area contributed by atoms with Gasteiger partial charge in [0.15, 0.2) is 0 Å². The van der Waals surface area contributed by atoms with E-state index in [0.29, 0.717) is 0 Å². The monoisotopic (exact) mass is 289 g/mol. The van der Waals surface area contributed by atoms with E-state index in [1.807, 2.05) is 0 Å². The summed E-state index contributed by atoms with van der Waals surface area (Å²) in [4.78, 5) is 0. The lowest BCUT2D eigenvalue weighted by Crippen LogP contribution is -2.26. The summed E-state index contributed by atoms with van der Waals surface area (Å²) >= 11 is 0. The van der Waals surface area contributed by atoms with Gasteiger partial charge in [0.05, 0.1) is 0 Å². The Morgan fingerprint density at radius 2 is 1.90 bits per heavy atom. The van der Waals surface area contributed by atoms with Crippen molar-refractivity contribution in [2.24, 2.45) is 11.8 Å². The highest BCUT2D eigenvalue weighted by molar-refractivity contribution is 5.22. The van der Waals surface area contributed by atoms with Gasteiger partial charge in [-0.25, -0.2) is 0 Å². The first-order valence-corrected chi connectivity index (χ1v) is 8.95. The molecular formula is C20H35N. The van der Waals surface area contributed by atoms with Crippen molar-refractivity contribution in [2.75, 3.05) is 13.1 Å². The van der Waals surface area contributed by atoms with Crippen molar-refractivity contribution in [1.29, 1.82) is 0 Å². The van der Waals surface area contributed by atoms with Gasteiger partial charge < -0.3 is 5.32 Å². The molecule has 1 nitrogen and oxygen atoms in total. The summed E-state index contributed by atoms with van der Waals surface area (Å²) in [6.45, 7) is 11.3. The molecule has 0 aliphatic rings. The van der Waals surface area contributed by atoms with E-state index in [0.717, 1.165) is 24.9 Å². The third-order valence-electron chi connectivity index (χ3n) is 4.50. The zero-order valence-electron chi connectivity index (χ0n) is 14.6. The van der Waals surface area contributed by atoms with E-state index in [9.17, 15) is 0 Å². The van der Waals surface area contributed by atoms with E-state index < -0.39 is 0 Å². The molecule has 0 radical (unpaired) electrons. The summed E-state index contributed by atoms with van der Waals surface area (Å²) < 4.78 is 0. The molecule has 0 aromatic heterocycles. The van der Waals surface area contributed by atoms with E-state index in [4.69, 9.17) is 0 Å². The van der Waals surface area contributed by atoms with Gasteiger partial charge in [-0.1, -0.05) is 76.3 Å². The van der Waals surface area contributed by atoms with Crippen LogP contribution in [0, 0.1) is 18.8 Å². The van der Waals surface area contributed by atoms with E-state index in [2.05, 4.69) is 57.3 Å². The Balaban J connectivity index is 2.61. The molecule has 0 bridgehead atoms. The lowest BCUT2D eigenvalue weighted by molar-refractivity contribution is 0.326. The van der Waals surface area contributed by atoms with E-state index in [1.165, 1.54) is 49.7 Å². The van der Waals surface area contributed by atoms with Gasteiger partial charge in [-0.05, 0) is 50.3 Å². The minimum absolute atomic E-state index is 0.772. The summed E-state index contributed by atoms with van der Waals surface area (Å²) in [6, 6.07) is 9.03. The molecule has 1 aromatic rings. The van der Waals surface area contributed by atoms with Crippen molar-refractivity contribution >= 4 is 0 Å². The van der Waals surface area contributed by atoms with Gasteiger partial charge in [0, 0.05) is 0 Å². The van der Waals surface area contributed by atoms with Crippen molar-refractivity contribution in [3.8, 4) is 0 Å². The lowest BCUT2D eigenvalue weighted by atomic mass is 9.85. The van der Waals surface area contributed by atoms with Crippen molar-refractivity contribution in [1.82, 2.24) is 5.32 Å². The summed E-state index contributed by atoms with van der Waals surface area (Å²) in [5, 5.41) is 3.57. The van der Waals surface area contributed by atoms with Crippen LogP contribution in [0.15, 0.2) is 24.3 Å². The highest BCUT2D eigenvalue weighted by atomic mass is 14.8. The maximum atomic E-state index is 3.57. The fourth-order valence-electron chi connectivity index (χ4n) is 3.21. The van der Waals surface area contributed by atoms with Crippen molar-refractivity contribution in [3.63, 3.8) is 0 Å². The van der Waals surface area contributed by atoms with Crippen LogP contribution in [0.1, 0.15) is 64.0 Å². The van der Waals surface area contributed by atoms with Crippen LogP contribution in [0.3, 0.4) is 0 Å². The predicted molar refractivity (Wildman–Crippen MR) is 94.8 cm³/mol. The Bertz CT molecular complexity index is 372. The largest absolute Gasteiger partial charge is 0.317 e. The highest BCUT2D eigenvalue weighted by Gasteiger charge is 2.15. The molecule has 2 atom stereocenters. The first-order valence-electron chi connectivity index (χ1n) is 8.95. The number of rotatable bonds is 11. The fraction of sp³-hybridized carbons (Fsp3) is 0.700. The molecule has 1 rings (SSSR count). The molecule has 0 aliphatic heterocycles. The average Bonchev–Trinajstić information content (AvgIpc) is 2.48. The van der Waals surface area contributed by atoms with Gasteiger partial charge in [-0.2, -0.15) is 0 Å². The Labute approximate surface area is 132 Å². The number of aryl methyl sites for hydroxylation is 1. The first kappa shape index (κ1) is 18.2. The Kier molecular flexibility index (Phi) is 9.41. The molecule has 0 fully saturated rings. The summed E-state index contributed by atoms with van der Waals surface area (Å²) in [6.07, 6.45) is 8.04. The molecule has 0 amide bonds. The number of hydrogen-bond acceptors (Lipinski definition) is 1. The van der Waals surface area contributed by atoms with E-state index in [-0.39, 0.29) is 0 Å². The zero-order chi connectivity index (χ0) is 15.5. The molecular weight excluding hydrogens is 254 g/mol. The molecule has 0 saturated carbocycles. The number of benzene rings is 1. The minimum atomic E-state index is 0.772. The SMILES string of the molecule is CCCCC(CC)CC(CNCC)Cc1cccc(C)c1. The summed E-state index contributed by atoms with van der Waals surface area (Å²) in [5.41, 5.74) is 2.89. The van der Waals surface area contributed by atoms with Gasteiger partial charge in [-0.15, -0.1) is 0 Å². The third kappa shape index (κ3) is 7.66. The molecule has 0 spiro atoms. The molecule has 120 valence electrons. The topological polar surface area (TPSA) is 12.0 Å². The van der Waals surface area contributed by atoms with Crippen LogP contribution in [0.4, 0.5) is 0 Å². The van der Waals surface area contributed by atoms with Crippen LogP contribution >= 0.6 is 0 Å². The predicted octanol–water partition coefficient (Wildman–Crippen LogP) is 5.37.